The Morgan fingerprint density at radius 1 is 1.05 bits per heavy atom. The highest BCUT2D eigenvalue weighted by atomic mass is 79.9. The molecule has 0 aliphatic heterocycles. The van der Waals surface area contributed by atoms with E-state index in [2.05, 4.69) is 15.9 Å². The van der Waals surface area contributed by atoms with Crippen LogP contribution in [0.15, 0.2) is 21.5 Å². The third-order valence-electron chi connectivity index (χ3n) is 2.28. The average molecular weight is 386 g/mol. The maximum absolute atomic E-state index is 13.2. The number of halogens is 8. The first-order valence-corrected chi connectivity index (χ1v) is 6.47. The van der Waals surface area contributed by atoms with Gasteiger partial charge >= 0.3 is 17.4 Å². The summed E-state index contributed by atoms with van der Waals surface area (Å²) in [6, 6.07) is 1.96. The van der Waals surface area contributed by atoms with Crippen molar-refractivity contribution in [2.75, 3.05) is 5.73 Å². The summed E-state index contributed by atoms with van der Waals surface area (Å²) in [5.74, 6) is -6.15. The fourth-order valence-electron chi connectivity index (χ4n) is 1.16. The molecule has 0 spiro atoms. The standard InChI is InChI=1S/C10H7BrF7NS/c1-4-2-5(3-6(11)7(4)19)20-10(17,18)8(12,13)9(14,15)16/h2-3H,19H2,1H3. The lowest BCUT2D eigenvalue weighted by Gasteiger charge is -2.27. The van der Waals surface area contributed by atoms with Gasteiger partial charge in [-0.1, -0.05) is 0 Å². The first kappa shape index (κ1) is 17.4. The molecule has 0 aromatic heterocycles. The molecule has 0 saturated carbocycles. The predicted molar refractivity (Wildman–Crippen MR) is 65.1 cm³/mol. The highest BCUT2D eigenvalue weighted by Gasteiger charge is 2.73. The summed E-state index contributed by atoms with van der Waals surface area (Å²) in [5, 5.41) is -5.34. The molecule has 0 bridgehead atoms. The zero-order valence-corrected chi connectivity index (χ0v) is 12.1. The Labute approximate surface area is 121 Å². The summed E-state index contributed by atoms with van der Waals surface area (Å²) < 4.78 is 87.9. The Bertz CT molecular complexity index is 492. The number of hydrogen-bond acceptors (Lipinski definition) is 2. The number of alkyl halides is 7. The molecule has 0 saturated heterocycles. The van der Waals surface area contributed by atoms with Crippen molar-refractivity contribution >= 4 is 33.4 Å². The van der Waals surface area contributed by atoms with Crippen LogP contribution in [0.3, 0.4) is 0 Å². The SMILES string of the molecule is Cc1cc(SC(F)(F)C(F)(F)C(F)(F)F)cc(Br)c1N. The van der Waals surface area contributed by atoms with Crippen LogP contribution in [0.4, 0.5) is 36.4 Å². The van der Waals surface area contributed by atoms with Gasteiger partial charge in [0.25, 0.3) is 0 Å². The van der Waals surface area contributed by atoms with Crippen LogP contribution in [-0.4, -0.2) is 17.4 Å². The topological polar surface area (TPSA) is 26.0 Å². The van der Waals surface area contributed by atoms with Crippen molar-refractivity contribution in [1.82, 2.24) is 0 Å². The molecule has 20 heavy (non-hydrogen) atoms. The molecule has 0 aliphatic carbocycles. The minimum Gasteiger partial charge on any atom is -0.398 e. The third kappa shape index (κ3) is 3.16. The molecule has 1 rings (SSSR count). The molecular weight excluding hydrogens is 379 g/mol. The fourth-order valence-corrected chi connectivity index (χ4v) is 2.82. The molecular formula is C10H7BrF7NS. The first-order valence-electron chi connectivity index (χ1n) is 4.86. The van der Waals surface area contributed by atoms with E-state index in [1.54, 1.807) is 0 Å². The van der Waals surface area contributed by atoms with E-state index in [4.69, 9.17) is 5.73 Å². The van der Waals surface area contributed by atoms with E-state index in [0.717, 1.165) is 12.1 Å². The maximum Gasteiger partial charge on any atom is 0.460 e. The van der Waals surface area contributed by atoms with Crippen molar-refractivity contribution in [2.24, 2.45) is 0 Å². The van der Waals surface area contributed by atoms with Crippen molar-refractivity contribution in [3.05, 3.63) is 22.2 Å². The highest BCUT2D eigenvalue weighted by Crippen LogP contribution is 2.54. The van der Waals surface area contributed by atoms with E-state index in [1.807, 2.05) is 0 Å². The van der Waals surface area contributed by atoms with Gasteiger partial charge in [0.15, 0.2) is 0 Å². The highest BCUT2D eigenvalue weighted by molar-refractivity contribution is 9.10. The van der Waals surface area contributed by atoms with Crippen molar-refractivity contribution in [3.8, 4) is 0 Å². The minimum absolute atomic E-state index is 0.131. The van der Waals surface area contributed by atoms with Gasteiger partial charge in [-0.25, -0.2) is 0 Å². The number of nitrogens with two attached hydrogens (primary N) is 1. The number of anilines is 1. The molecule has 2 N–H and O–H groups in total. The normalized spacial score (nSPS) is 13.7. The first-order chi connectivity index (χ1) is 8.79. The van der Waals surface area contributed by atoms with Gasteiger partial charge in [0.1, 0.15) is 0 Å². The van der Waals surface area contributed by atoms with Crippen molar-refractivity contribution in [3.63, 3.8) is 0 Å². The molecule has 0 heterocycles. The van der Waals surface area contributed by atoms with Crippen LogP contribution < -0.4 is 5.73 Å². The monoisotopic (exact) mass is 385 g/mol. The van der Waals surface area contributed by atoms with E-state index < -0.39 is 34.0 Å². The van der Waals surface area contributed by atoms with Crippen LogP contribution in [0.25, 0.3) is 0 Å². The molecule has 0 fully saturated rings. The lowest BCUT2D eigenvalue weighted by atomic mass is 10.2. The number of thioether (sulfide) groups is 1. The molecule has 114 valence electrons. The summed E-state index contributed by atoms with van der Waals surface area (Å²) in [5.41, 5.74) is 5.95. The molecule has 0 atom stereocenters. The predicted octanol–water partition coefficient (Wildman–Crippen LogP) is 5.22. The number of nitrogen functional groups attached to an aromatic ring is 1. The lowest BCUT2D eigenvalue weighted by Crippen LogP contribution is -2.49. The van der Waals surface area contributed by atoms with Gasteiger partial charge in [0, 0.05) is 15.1 Å². The van der Waals surface area contributed by atoms with E-state index >= 15 is 0 Å². The lowest BCUT2D eigenvalue weighted by molar-refractivity contribution is -0.330. The van der Waals surface area contributed by atoms with E-state index in [0.29, 0.717) is 0 Å². The van der Waals surface area contributed by atoms with Gasteiger partial charge in [-0.05, 0) is 52.3 Å². The van der Waals surface area contributed by atoms with Crippen LogP contribution in [0.2, 0.25) is 0 Å². The molecule has 0 aliphatic rings. The second-order valence-corrected chi connectivity index (χ2v) is 5.87. The Morgan fingerprint density at radius 3 is 1.95 bits per heavy atom. The Balaban J connectivity index is 3.15. The van der Waals surface area contributed by atoms with Crippen LogP contribution in [0, 0.1) is 6.92 Å². The number of aryl methyl sites for hydroxylation is 1. The molecule has 10 heteroatoms. The van der Waals surface area contributed by atoms with Crippen LogP contribution in [-0.2, 0) is 0 Å². The van der Waals surface area contributed by atoms with Gasteiger partial charge in [-0.15, -0.1) is 0 Å². The van der Waals surface area contributed by atoms with Crippen LogP contribution in [0.1, 0.15) is 5.56 Å². The van der Waals surface area contributed by atoms with Crippen molar-refractivity contribution in [2.45, 2.75) is 29.2 Å². The molecule has 0 radical (unpaired) electrons. The number of benzene rings is 1. The molecule has 1 aromatic carbocycles. The molecule has 0 amide bonds. The summed E-state index contributed by atoms with van der Waals surface area (Å²) in [4.78, 5) is -0.461. The number of rotatable bonds is 3. The van der Waals surface area contributed by atoms with Crippen molar-refractivity contribution in [1.29, 1.82) is 0 Å². The summed E-state index contributed by atoms with van der Waals surface area (Å²) >= 11 is 2.03. The summed E-state index contributed by atoms with van der Waals surface area (Å²) in [6.45, 7) is 1.41. The Morgan fingerprint density at radius 2 is 1.55 bits per heavy atom. The van der Waals surface area contributed by atoms with Crippen molar-refractivity contribution < 1.29 is 30.7 Å². The molecule has 1 aromatic rings. The smallest absolute Gasteiger partial charge is 0.398 e. The zero-order valence-electron chi connectivity index (χ0n) is 9.66. The second-order valence-electron chi connectivity index (χ2n) is 3.83. The third-order valence-corrected chi connectivity index (χ3v) is 3.92. The molecule has 0 unspecified atom stereocenters. The second kappa shape index (κ2) is 5.28. The largest absolute Gasteiger partial charge is 0.460 e. The van der Waals surface area contributed by atoms with Gasteiger partial charge < -0.3 is 5.73 Å². The minimum atomic E-state index is -6.34. The number of hydrogen-bond donors (Lipinski definition) is 1. The quantitative estimate of drug-likeness (QED) is 0.438. The van der Waals surface area contributed by atoms with Gasteiger partial charge in [-0.2, -0.15) is 30.7 Å². The Hall–Kier alpha value is -0.640. The summed E-state index contributed by atoms with van der Waals surface area (Å²) in [6.07, 6.45) is -6.34. The Kier molecular flexibility index (Phi) is 4.60. The fraction of sp³-hybridized carbons (Fsp3) is 0.400. The maximum atomic E-state index is 13.2. The van der Waals surface area contributed by atoms with Gasteiger partial charge in [0.2, 0.25) is 0 Å². The molecule has 1 nitrogen and oxygen atoms in total. The van der Waals surface area contributed by atoms with E-state index in [9.17, 15) is 30.7 Å². The summed E-state index contributed by atoms with van der Waals surface area (Å²) in [7, 11) is 0. The van der Waals surface area contributed by atoms with Crippen LogP contribution in [0.5, 0.6) is 0 Å². The average Bonchev–Trinajstić information content (AvgIpc) is 2.23. The van der Waals surface area contributed by atoms with E-state index in [1.165, 1.54) is 6.92 Å². The van der Waals surface area contributed by atoms with E-state index in [-0.39, 0.29) is 15.7 Å². The van der Waals surface area contributed by atoms with Gasteiger partial charge in [-0.3, -0.25) is 0 Å². The zero-order chi connectivity index (χ0) is 15.9. The van der Waals surface area contributed by atoms with Crippen LogP contribution >= 0.6 is 27.7 Å². The van der Waals surface area contributed by atoms with Gasteiger partial charge in [0.05, 0.1) is 0 Å².